The van der Waals surface area contributed by atoms with Gasteiger partial charge in [-0.15, -0.1) is 0 Å². The van der Waals surface area contributed by atoms with Gasteiger partial charge in [0.25, 0.3) is 0 Å². The van der Waals surface area contributed by atoms with Gasteiger partial charge < -0.3 is 19.2 Å². The number of carbonyl (C=O) groups is 1. The molecule has 0 saturated heterocycles. The van der Waals surface area contributed by atoms with Crippen molar-refractivity contribution in [2.45, 2.75) is 54.8 Å². The van der Waals surface area contributed by atoms with Gasteiger partial charge in [0.05, 0.1) is 13.2 Å². The number of hydrogen-bond donors (Lipinski definition) is 0. The molecule has 2 rings (SSSR count). The Balaban J connectivity index is 1.66. The summed E-state index contributed by atoms with van der Waals surface area (Å²) in [5.74, 6) is 1.16. The number of hydrogen-bond acceptors (Lipinski definition) is 7. The lowest BCUT2D eigenvalue weighted by Gasteiger charge is -2.17. The molecule has 0 amide bonds. The molecule has 0 spiro atoms. The lowest BCUT2D eigenvalue weighted by molar-refractivity contribution is -0.224. The van der Waals surface area contributed by atoms with Crippen LogP contribution in [0.1, 0.15) is 52.7 Å². The van der Waals surface area contributed by atoms with Crippen molar-refractivity contribution in [2.75, 3.05) is 13.2 Å². The van der Waals surface area contributed by atoms with Gasteiger partial charge in [0.2, 0.25) is 0 Å². The summed E-state index contributed by atoms with van der Waals surface area (Å²) < 4.78 is 10.3. The zero-order valence-electron chi connectivity index (χ0n) is 19.8. The van der Waals surface area contributed by atoms with Crippen molar-refractivity contribution in [3.8, 4) is 11.5 Å². The SMILES string of the molecule is CC(C)(C)COOc1ccc(COC(=O)OCc2ccc(OOCC(C)(C)C)cc2)cc1. The van der Waals surface area contributed by atoms with E-state index in [9.17, 15) is 4.79 Å². The van der Waals surface area contributed by atoms with E-state index >= 15 is 0 Å². The fraction of sp³-hybridized carbons (Fsp3) is 0.480. The average molecular weight is 447 g/mol. The van der Waals surface area contributed by atoms with Crippen LogP contribution >= 0.6 is 0 Å². The summed E-state index contributed by atoms with van der Waals surface area (Å²) in [6, 6.07) is 14.2. The maximum absolute atomic E-state index is 11.9. The van der Waals surface area contributed by atoms with Crippen molar-refractivity contribution < 1.29 is 33.8 Å². The second kappa shape index (κ2) is 11.7. The molecule has 0 saturated carbocycles. The van der Waals surface area contributed by atoms with E-state index < -0.39 is 6.16 Å². The highest BCUT2D eigenvalue weighted by Crippen LogP contribution is 2.18. The molecular formula is C25H34O7. The molecular weight excluding hydrogens is 412 g/mol. The third-order valence-corrected chi connectivity index (χ3v) is 3.85. The Kier molecular flexibility index (Phi) is 9.35. The standard InChI is InChI=1S/C25H34O7/c1-24(2,3)17-29-31-21-11-7-19(8-12-21)15-27-23(26)28-16-20-9-13-22(14-10-20)32-30-18-25(4,5)6/h7-14H,15-18H2,1-6H3. The summed E-state index contributed by atoms with van der Waals surface area (Å²) in [7, 11) is 0. The number of rotatable bonds is 10. The smallest absolute Gasteiger partial charge is 0.429 e. The third kappa shape index (κ3) is 11.0. The molecule has 0 aliphatic rings. The molecule has 0 aliphatic heterocycles. The largest absolute Gasteiger partial charge is 0.508 e. The summed E-state index contributed by atoms with van der Waals surface area (Å²) in [4.78, 5) is 32.8. The molecule has 0 radical (unpaired) electrons. The van der Waals surface area contributed by atoms with Crippen LogP contribution in [0, 0.1) is 10.8 Å². The van der Waals surface area contributed by atoms with E-state index in [-0.39, 0.29) is 24.0 Å². The molecule has 0 heterocycles. The first-order valence-corrected chi connectivity index (χ1v) is 10.6. The maximum Gasteiger partial charge on any atom is 0.508 e. The first-order valence-electron chi connectivity index (χ1n) is 10.6. The number of benzene rings is 2. The van der Waals surface area contributed by atoms with E-state index in [2.05, 4.69) is 41.5 Å². The molecule has 2 aromatic rings. The zero-order chi connectivity index (χ0) is 23.6. The monoisotopic (exact) mass is 446 g/mol. The molecule has 0 unspecified atom stereocenters. The second-order valence-corrected chi connectivity index (χ2v) is 9.93. The van der Waals surface area contributed by atoms with Crippen LogP contribution in [-0.2, 0) is 32.5 Å². The van der Waals surface area contributed by atoms with Gasteiger partial charge in [-0.05, 0) is 46.2 Å². The first-order chi connectivity index (χ1) is 15.0. The van der Waals surface area contributed by atoms with Gasteiger partial charge in [0.15, 0.2) is 11.5 Å². The van der Waals surface area contributed by atoms with Gasteiger partial charge in [-0.3, -0.25) is 0 Å². The van der Waals surface area contributed by atoms with Crippen molar-refractivity contribution >= 4 is 6.16 Å². The third-order valence-electron chi connectivity index (χ3n) is 3.85. The van der Waals surface area contributed by atoms with Gasteiger partial charge >= 0.3 is 6.16 Å². The summed E-state index contributed by atoms with van der Waals surface area (Å²) >= 11 is 0. The average Bonchev–Trinajstić information content (AvgIpc) is 2.71. The van der Waals surface area contributed by atoms with Crippen LogP contribution in [0.5, 0.6) is 11.5 Å². The minimum atomic E-state index is -0.743. The quantitative estimate of drug-likeness (QED) is 0.242. The van der Waals surface area contributed by atoms with E-state index in [1.54, 1.807) is 48.5 Å². The molecule has 7 nitrogen and oxygen atoms in total. The highest BCUT2D eigenvalue weighted by molar-refractivity contribution is 5.60. The van der Waals surface area contributed by atoms with Gasteiger partial charge in [0, 0.05) is 0 Å². The lowest BCUT2D eigenvalue weighted by Crippen LogP contribution is -2.16. The Hall–Kier alpha value is -2.77. The van der Waals surface area contributed by atoms with Crippen LogP contribution in [-0.4, -0.2) is 19.4 Å². The molecule has 176 valence electrons. The Morgan fingerprint density at radius 2 is 0.969 bits per heavy atom. The van der Waals surface area contributed by atoms with Gasteiger partial charge in [0.1, 0.15) is 13.2 Å². The minimum absolute atomic E-state index is 0.0183. The fourth-order valence-electron chi connectivity index (χ4n) is 2.16. The Morgan fingerprint density at radius 1 is 0.625 bits per heavy atom. The zero-order valence-corrected chi connectivity index (χ0v) is 19.8. The lowest BCUT2D eigenvalue weighted by atomic mass is 9.99. The van der Waals surface area contributed by atoms with E-state index in [0.717, 1.165) is 11.1 Å². The second-order valence-electron chi connectivity index (χ2n) is 9.93. The first kappa shape index (κ1) is 25.5. The van der Waals surface area contributed by atoms with E-state index in [1.807, 2.05) is 0 Å². The molecule has 32 heavy (non-hydrogen) atoms. The Bertz CT molecular complexity index is 746. The van der Waals surface area contributed by atoms with Crippen LogP contribution < -0.4 is 9.78 Å². The van der Waals surface area contributed by atoms with Crippen molar-refractivity contribution in [2.24, 2.45) is 10.8 Å². The molecule has 0 aromatic heterocycles. The highest BCUT2D eigenvalue weighted by Gasteiger charge is 2.12. The van der Waals surface area contributed by atoms with Crippen LogP contribution in [0.2, 0.25) is 0 Å². The molecule has 0 aliphatic carbocycles. The van der Waals surface area contributed by atoms with Crippen molar-refractivity contribution in [1.82, 2.24) is 0 Å². The predicted octanol–water partition coefficient (Wildman–Crippen LogP) is 6.25. The van der Waals surface area contributed by atoms with Crippen LogP contribution in [0.25, 0.3) is 0 Å². The summed E-state index contributed by atoms with van der Waals surface area (Å²) in [5, 5.41) is 0. The Labute approximate surface area is 190 Å². The van der Waals surface area contributed by atoms with E-state index in [1.165, 1.54) is 0 Å². The number of ether oxygens (including phenoxy) is 2. The van der Waals surface area contributed by atoms with E-state index in [4.69, 9.17) is 29.0 Å². The Morgan fingerprint density at radius 3 is 1.28 bits per heavy atom. The van der Waals surface area contributed by atoms with Gasteiger partial charge in [-0.2, -0.15) is 9.78 Å². The van der Waals surface area contributed by atoms with Gasteiger partial charge in [-0.25, -0.2) is 4.79 Å². The van der Waals surface area contributed by atoms with Gasteiger partial charge in [-0.1, -0.05) is 65.8 Å². The summed E-state index contributed by atoms with van der Waals surface area (Å²) in [6.07, 6.45) is -0.743. The minimum Gasteiger partial charge on any atom is -0.429 e. The van der Waals surface area contributed by atoms with E-state index in [0.29, 0.717) is 24.7 Å². The van der Waals surface area contributed by atoms with Crippen molar-refractivity contribution in [3.05, 3.63) is 59.7 Å². The van der Waals surface area contributed by atoms with Crippen LogP contribution in [0.15, 0.2) is 48.5 Å². The van der Waals surface area contributed by atoms with Crippen LogP contribution in [0.3, 0.4) is 0 Å². The maximum atomic E-state index is 11.9. The molecule has 0 bridgehead atoms. The topological polar surface area (TPSA) is 72.5 Å². The molecule has 0 fully saturated rings. The number of carbonyl (C=O) groups excluding carboxylic acids is 1. The van der Waals surface area contributed by atoms with Crippen molar-refractivity contribution in [1.29, 1.82) is 0 Å². The molecule has 2 aromatic carbocycles. The normalized spacial score (nSPS) is 11.7. The van der Waals surface area contributed by atoms with Crippen LogP contribution in [0.4, 0.5) is 4.79 Å². The highest BCUT2D eigenvalue weighted by atomic mass is 17.2. The summed E-state index contributed by atoms with van der Waals surface area (Å²) in [6.45, 7) is 13.5. The molecule has 7 heteroatoms. The van der Waals surface area contributed by atoms with Crippen molar-refractivity contribution in [3.63, 3.8) is 0 Å². The fourth-order valence-corrected chi connectivity index (χ4v) is 2.16. The summed E-state index contributed by atoms with van der Waals surface area (Å²) in [5.41, 5.74) is 1.65. The molecule has 0 atom stereocenters. The predicted molar refractivity (Wildman–Crippen MR) is 120 cm³/mol. The molecule has 0 N–H and O–H groups in total.